The fourth-order valence-corrected chi connectivity index (χ4v) is 4.79. The molecule has 0 spiro atoms. The van der Waals surface area contributed by atoms with Crippen LogP contribution >= 0.6 is 11.6 Å². The van der Waals surface area contributed by atoms with Crippen molar-refractivity contribution in [3.8, 4) is 5.75 Å². The molecule has 0 saturated carbocycles. The molecule has 0 unspecified atom stereocenters. The predicted octanol–water partition coefficient (Wildman–Crippen LogP) is 3.95. The molecular formula is C19H18ClNO5S. The Hall–Kier alpha value is -2.51. The first kappa shape index (κ1) is 19.3. The topological polar surface area (TPSA) is 85.6 Å². The number of benzene rings is 2. The first-order valence-electron chi connectivity index (χ1n) is 8.33. The lowest BCUT2D eigenvalue weighted by Gasteiger charge is -2.09. The minimum atomic E-state index is -3.94. The molecule has 0 bridgehead atoms. The van der Waals surface area contributed by atoms with E-state index < -0.39 is 16.0 Å². The largest absolute Gasteiger partial charge is 0.494 e. The predicted molar refractivity (Wildman–Crippen MR) is 103 cm³/mol. The fourth-order valence-electron chi connectivity index (χ4n) is 2.90. The summed E-state index contributed by atoms with van der Waals surface area (Å²) < 4.78 is 33.0. The molecule has 3 rings (SSSR count). The number of ether oxygens (including phenoxy) is 1. The number of aryl methyl sites for hydroxylation is 1. The van der Waals surface area contributed by atoms with Crippen LogP contribution in [0, 0.1) is 0 Å². The zero-order valence-electron chi connectivity index (χ0n) is 14.6. The van der Waals surface area contributed by atoms with Crippen molar-refractivity contribution < 1.29 is 23.1 Å². The molecule has 0 amide bonds. The number of carboxylic acid groups (broad SMARTS) is 1. The molecule has 0 radical (unpaired) electrons. The Labute approximate surface area is 162 Å². The van der Waals surface area contributed by atoms with Gasteiger partial charge in [-0.2, -0.15) is 0 Å². The summed E-state index contributed by atoms with van der Waals surface area (Å²) in [4.78, 5) is 11.0. The summed E-state index contributed by atoms with van der Waals surface area (Å²) in [6, 6.07) is 11.3. The van der Waals surface area contributed by atoms with E-state index in [4.69, 9.17) is 21.4 Å². The zero-order valence-corrected chi connectivity index (χ0v) is 16.1. The van der Waals surface area contributed by atoms with Crippen molar-refractivity contribution in [2.45, 2.75) is 24.7 Å². The monoisotopic (exact) mass is 407 g/mol. The van der Waals surface area contributed by atoms with Crippen LogP contribution in [0.3, 0.4) is 0 Å². The van der Waals surface area contributed by atoms with Crippen LogP contribution in [0.2, 0.25) is 5.02 Å². The van der Waals surface area contributed by atoms with E-state index in [2.05, 4.69) is 0 Å². The van der Waals surface area contributed by atoms with Gasteiger partial charge in [-0.05, 0) is 49.2 Å². The minimum Gasteiger partial charge on any atom is -0.494 e. The van der Waals surface area contributed by atoms with Gasteiger partial charge in [0.2, 0.25) is 0 Å². The zero-order chi connectivity index (χ0) is 19.6. The van der Waals surface area contributed by atoms with Crippen LogP contribution in [0.5, 0.6) is 5.75 Å². The van der Waals surface area contributed by atoms with Crippen molar-refractivity contribution in [1.29, 1.82) is 0 Å². The maximum absolute atomic E-state index is 13.2. The lowest BCUT2D eigenvalue weighted by molar-refractivity contribution is -0.136. The lowest BCUT2D eigenvalue weighted by Crippen LogP contribution is -2.12. The standard InChI is InChI=1S/C19H18ClNO5S/c1-2-26-14-8-9-17-15(11-14)13(7-10-19(22)23)12-21(17)27(24,25)18-6-4-3-5-16(18)20/h3-6,8-9,11-12H,2,7,10H2,1H3,(H,22,23). The third-order valence-electron chi connectivity index (χ3n) is 4.12. The molecule has 0 fully saturated rings. The number of rotatable bonds is 7. The molecule has 0 aliphatic heterocycles. The number of aliphatic carboxylic acids is 1. The van der Waals surface area contributed by atoms with E-state index in [1.54, 1.807) is 30.3 Å². The first-order chi connectivity index (χ1) is 12.8. The van der Waals surface area contributed by atoms with Crippen molar-refractivity contribution in [2.24, 2.45) is 0 Å². The molecular weight excluding hydrogens is 390 g/mol. The summed E-state index contributed by atoms with van der Waals surface area (Å²) >= 11 is 6.10. The van der Waals surface area contributed by atoms with Crippen molar-refractivity contribution >= 4 is 38.5 Å². The second-order valence-electron chi connectivity index (χ2n) is 5.89. The molecule has 6 nitrogen and oxygen atoms in total. The van der Waals surface area contributed by atoms with Crippen LogP contribution in [0.4, 0.5) is 0 Å². The number of carbonyl (C=O) groups is 1. The Bertz CT molecular complexity index is 1100. The van der Waals surface area contributed by atoms with Gasteiger partial charge in [-0.3, -0.25) is 4.79 Å². The number of hydrogen-bond acceptors (Lipinski definition) is 4. The molecule has 0 saturated heterocycles. The van der Waals surface area contributed by atoms with Gasteiger partial charge in [0.1, 0.15) is 10.6 Å². The molecule has 1 N–H and O–H groups in total. The third kappa shape index (κ3) is 3.79. The van der Waals surface area contributed by atoms with Gasteiger partial charge in [-0.1, -0.05) is 23.7 Å². The summed E-state index contributed by atoms with van der Waals surface area (Å²) in [5.41, 5.74) is 1.06. The van der Waals surface area contributed by atoms with Gasteiger partial charge in [-0.25, -0.2) is 12.4 Å². The van der Waals surface area contributed by atoms with E-state index in [9.17, 15) is 13.2 Å². The Morgan fingerprint density at radius 2 is 1.96 bits per heavy atom. The Morgan fingerprint density at radius 3 is 2.63 bits per heavy atom. The number of aromatic nitrogens is 1. The average molecular weight is 408 g/mol. The Balaban J connectivity index is 2.21. The highest BCUT2D eigenvalue weighted by Gasteiger charge is 2.24. The molecule has 142 valence electrons. The van der Waals surface area contributed by atoms with E-state index in [-0.39, 0.29) is 22.8 Å². The lowest BCUT2D eigenvalue weighted by atomic mass is 10.1. The van der Waals surface area contributed by atoms with Crippen molar-refractivity contribution in [2.75, 3.05) is 6.61 Å². The van der Waals surface area contributed by atoms with E-state index in [0.29, 0.717) is 28.8 Å². The van der Waals surface area contributed by atoms with Crippen molar-refractivity contribution in [3.05, 3.63) is 59.2 Å². The number of fused-ring (bicyclic) bond motifs is 1. The summed E-state index contributed by atoms with van der Waals surface area (Å²) in [5.74, 6) is -0.361. The molecule has 0 atom stereocenters. The number of carboxylic acids is 1. The molecule has 27 heavy (non-hydrogen) atoms. The van der Waals surface area contributed by atoms with Crippen LogP contribution in [0.15, 0.2) is 53.6 Å². The number of hydrogen-bond donors (Lipinski definition) is 1. The van der Waals surface area contributed by atoms with Crippen LogP contribution in [-0.2, 0) is 21.2 Å². The van der Waals surface area contributed by atoms with E-state index >= 15 is 0 Å². The highest BCUT2D eigenvalue weighted by Crippen LogP contribution is 2.32. The Kier molecular flexibility index (Phi) is 5.43. The van der Waals surface area contributed by atoms with Crippen molar-refractivity contribution in [3.63, 3.8) is 0 Å². The van der Waals surface area contributed by atoms with Gasteiger partial charge >= 0.3 is 5.97 Å². The third-order valence-corrected chi connectivity index (χ3v) is 6.29. The Morgan fingerprint density at radius 1 is 1.22 bits per heavy atom. The van der Waals surface area contributed by atoms with Gasteiger partial charge in [-0.15, -0.1) is 0 Å². The van der Waals surface area contributed by atoms with Crippen molar-refractivity contribution in [1.82, 2.24) is 3.97 Å². The summed E-state index contributed by atoms with van der Waals surface area (Å²) in [6.45, 7) is 2.32. The number of nitrogens with zero attached hydrogens (tertiary/aromatic N) is 1. The first-order valence-corrected chi connectivity index (χ1v) is 10.1. The van der Waals surface area contributed by atoms with Gasteiger partial charge in [0.15, 0.2) is 0 Å². The molecule has 1 heterocycles. The summed E-state index contributed by atoms with van der Waals surface area (Å²) in [5, 5.41) is 9.76. The SMILES string of the molecule is CCOc1ccc2c(c1)c(CCC(=O)O)cn2S(=O)(=O)c1ccccc1Cl. The molecule has 0 aliphatic carbocycles. The van der Waals surface area contributed by atoms with Crippen LogP contribution in [-0.4, -0.2) is 30.1 Å². The van der Waals surface area contributed by atoms with Gasteiger partial charge < -0.3 is 9.84 Å². The summed E-state index contributed by atoms with van der Waals surface area (Å²) in [6.07, 6.45) is 1.55. The highest BCUT2D eigenvalue weighted by molar-refractivity contribution is 7.90. The summed E-state index contributed by atoms with van der Waals surface area (Å²) in [7, 11) is -3.94. The molecule has 8 heteroatoms. The minimum absolute atomic E-state index is 0.0118. The molecule has 0 aliphatic rings. The van der Waals surface area contributed by atoms with Gasteiger partial charge in [0.25, 0.3) is 10.0 Å². The quantitative estimate of drug-likeness (QED) is 0.641. The van der Waals surface area contributed by atoms with Crippen LogP contribution in [0.25, 0.3) is 10.9 Å². The van der Waals surface area contributed by atoms with Gasteiger partial charge in [0, 0.05) is 18.0 Å². The smallest absolute Gasteiger partial charge is 0.303 e. The maximum atomic E-state index is 13.2. The van der Waals surface area contributed by atoms with Gasteiger partial charge in [0.05, 0.1) is 17.1 Å². The normalized spacial score (nSPS) is 11.6. The second kappa shape index (κ2) is 7.62. The van der Waals surface area contributed by atoms with E-state index in [0.717, 1.165) is 3.97 Å². The fraction of sp³-hybridized carbons (Fsp3) is 0.211. The molecule has 3 aromatic rings. The molecule has 2 aromatic carbocycles. The van der Waals surface area contributed by atoms with Crippen LogP contribution in [0.1, 0.15) is 18.9 Å². The maximum Gasteiger partial charge on any atom is 0.303 e. The second-order valence-corrected chi connectivity index (χ2v) is 8.08. The number of halogens is 1. The van der Waals surface area contributed by atoms with E-state index in [1.165, 1.54) is 18.3 Å². The average Bonchev–Trinajstić information content (AvgIpc) is 2.99. The van der Waals surface area contributed by atoms with Crippen LogP contribution < -0.4 is 4.74 Å². The molecule has 1 aromatic heterocycles. The highest BCUT2D eigenvalue weighted by atomic mass is 35.5. The van der Waals surface area contributed by atoms with E-state index in [1.807, 2.05) is 6.92 Å².